The molecule has 2 rings (SSSR count). The van der Waals surface area contributed by atoms with Gasteiger partial charge in [-0.15, -0.1) is 6.58 Å². The van der Waals surface area contributed by atoms with Gasteiger partial charge in [0.1, 0.15) is 0 Å². The van der Waals surface area contributed by atoms with Crippen LogP contribution < -0.4 is 0 Å². The molecule has 0 aliphatic heterocycles. The van der Waals surface area contributed by atoms with Crippen LogP contribution in [0.25, 0.3) is 10.8 Å². The highest BCUT2D eigenvalue weighted by Crippen LogP contribution is 2.31. The van der Waals surface area contributed by atoms with Crippen molar-refractivity contribution in [3.05, 3.63) is 95.1 Å². The molecule has 0 heterocycles. The van der Waals surface area contributed by atoms with Crippen molar-refractivity contribution in [1.82, 2.24) is 0 Å². The zero-order valence-corrected chi connectivity index (χ0v) is 26.5. The molecule has 0 bridgehead atoms. The standard InChI is InChI=1S/C28H37N.C5H10.C4H10/c1-8-11-22(12-9-2)24-14-15-25-17-26(16-21(6)27(25)18-24)28(29-7)19-23(13-10-3)20(4)5;1-4-5(2)3;1-3-4-2/h10,14-19,22H,3-4,8-9,11-13H2,1-2,5-7H3;4H,1-3H3;3-4H2,1-2H3/b23-19-,29-28?;;. The molecule has 0 spiro atoms. The Labute approximate surface area is 236 Å². The minimum atomic E-state index is 0.668. The molecule has 0 radical (unpaired) electrons. The topological polar surface area (TPSA) is 12.4 Å². The lowest BCUT2D eigenvalue weighted by atomic mass is 9.88. The van der Waals surface area contributed by atoms with E-state index in [4.69, 9.17) is 0 Å². The zero-order valence-electron chi connectivity index (χ0n) is 26.5. The summed E-state index contributed by atoms with van der Waals surface area (Å²) in [6, 6.07) is 11.6. The van der Waals surface area contributed by atoms with Crippen LogP contribution in [0.15, 0.2) is 83.4 Å². The third kappa shape index (κ3) is 12.7. The monoisotopic (exact) mass is 515 g/mol. The zero-order chi connectivity index (χ0) is 29.1. The molecule has 2 aromatic carbocycles. The molecular formula is C37H57N. The summed E-state index contributed by atoms with van der Waals surface area (Å²) in [5.41, 5.74) is 8.56. The first-order valence-electron chi connectivity index (χ1n) is 14.7. The molecule has 1 heteroatoms. The van der Waals surface area contributed by atoms with Gasteiger partial charge in [-0.3, -0.25) is 4.99 Å². The van der Waals surface area contributed by atoms with E-state index >= 15 is 0 Å². The highest BCUT2D eigenvalue weighted by Gasteiger charge is 2.12. The molecule has 0 aliphatic carbocycles. The lowest BCUT2D eigenvalue weighted by Gasteiger charge is -2.17. The Bertz CT molecular complexity index is 1070. The van der Waals surface area contributed by atoms with Crippen LogP contribution in [-0.4, -0.2) is 12.8 Å². The number of hydrogen-bond donors (Lipinski definition) is 0. The number of unbranched alkanes of at least 4 members (excludes halogenated alkanes) is 1. The molecule has 0 fully saturated rings. The summed E-state index contributed by atoms with van der Waals surface area (Å²) >= 11 is 0. The summed E-state index contributed by atoms with van der Waals surface area (Å²) in [5, 5.41) is 2.64. The summed E-state index contributed by atoms with van der Waals surface area (Å²) in [7, 11) is 1.86. The SMILES string of the molecule is C=CC/C(=C/C(=NC)c1cc(C)c2cc(C(CCC)CCC)ccc2c1)C(=C)C.CC=C(C)C.CCCC. The molecule has 2 aromatic rings. The average molecular weight is 516 g/mol. The number of aliphatic imine (C=N–C) groups is 1. The van der Waals surface area contributed by atoms with Gasteiger partial charge in [-0.25, -0.2) is 0 Å². The fraction of sp³-hybridized carbons (Fsp3) is 0.486. The normalized spacial score (nSPS) is 11.3. The van der Waals surface area contributed by atoms with Crippen LogP contribution in [0.3, 0.4) is 0 Å². The molecule has 0 aliphatic rings. The Morgan fingerprint density at radius 2 is 1.50 bits per heavy atom. The van der Waals surface area contributed by atoms with E-state index < -0.39 is 0 Å². The van der Waals surface area contributed by atoms with Crippen molar-refractivity contribution in [2.75, 3.05) is 7.05 Å². The third-order valence-electron chi connectivity index (χ3n) is 6.77. The molecule has 0 unspecified atom stereocenters. The van der Waals surface area contributed by atoms with E-state index in [1.54, 1.807) is 0 Å². The molecule has 1 nitrogen and oxygen atoms in total. The second-order valence-electron chi connectivity index (χ2n) is 10.5. The molecular weight excluding hydrogens is 458 g/mol. The van der Waals surface area contributed by atoms with Crippen LogP contribution in [0, 0.1) is 6.92 Å². The number of benzene rings is 2. The minimum absolute atomic E-state index is 0.668. The van der Waals surface area contributed by atoms with Gasteiger partial charge in [0.05, 0.1) is 5.71 Å². The van der Waals surface area contributed by atoms with E-state index in [0.717, 1.165) is 23.3 Å². The Kier molecular flexibility index (Phi) is 18.9. The molecule has 38 heavy (non-hydrogen) atoms. The number of allylic oxidation sites excluding steroid dienone is 6. The van der Waals surface area contributed by atoms with Gasteiger partial charge in [0.2, 0.25) is 0 Å². The number of hydrogen-bond acceptors (Lipinski definition) is 1. The lowest BCUT2D eigenvalue weighted by Crippen LogP contribution is -2.02. The smallest absolute Gasteiger partial charge is 0.0646 e. The fourth-order valence-corrected chi connectivity index (χ4v) is 4.09. The Morgan fingerprint density at radius 3 is 1.92 bits per heavy atom. The van der Waals surface area contributed by atoms with Crippen molar-refractivity contribution in [2.24, 2.45) is 4.99 Å². The fourth-order valence-electron chi connectivity index (χ4n) is 4.09. The second kappa shape index (κ2) is 20.3. The Hall–Kier alpha value is -2.67. The van der Waals surface area contributed by atoms with Crippen molar-refractivity contribution in [3.63, 3.8) is 0 Å². The predicted octanol–water partition coefficient (Wildman–Crippen LogP) is 12.1. The first kappa shape index (κ1) is 35.3. The highest BCUT2D eigenvalue weighted by atomic mass is 14.7. The van der Waals surface area contributed by atoms with E-state index in [0.29, 0.717) is 5.92 Å². The first-order valence-corrected chi connectivity index (χ1v) is 14.7. The van der Waals surface area contributed by atoms with E-state index in [9.17, 15) is 0 Å². The summed E-state index contributed by atoms with van der Waals surface area (Å²) in [6.07, 6.45) is 14.6. The van der Waals surface area contributed by atoms with Gasteiger partial charge in [-0.1, -0.05) is 101 Å². The summed E-state index contributed by atoms with van der Waals surface area (Å²) in [5.74, 6) is 0.668. The van der Waals surface area contributed by atoms with Crippen LogP contribution in [0.4, 0.5) is 0 Å². The Morgan fingerprint density at radius 1 is 0.921 bits per heavy atom. The maximum absolute atomic E-state index is 4.57. The number of nitrogens with zero attached hydrogens (tertiary/aromatic N) is 1. The van der Waals surface area contributed by atoms with Gasteiger partial charge < -0.3 is 0 Å². The van der Waals surface area contributed by atoms with Crippen LogP contribution >= 0.6 is 0 Å². The van der Waals surface area contributed by atoms with Crippen LogP contribution in [0.2, 0.25) is 0 Å². The maximum atomic E-state index is 4.57. The van der Waals surface area contributed by atoms with Gasteiger partial charge in [0.25, 0.3) is 0 Å². The van der Waals surface area contributed by atoms with Crippen LogP contribution in [0.5, 0.6) is 0 Å². The number of fused-ring (bicyclic) bond motifs is 1. The van der Waals surface area contributed by atoms with E-state index in [1.807, 2.05) is 27.0 Å². The first-order chi connectivity index (χ1) is 18.1. The summed E-state index contributed by atoms with van der Waals surface area (Å²) in [6.45, 7) is 27.4. The third-order valence-corrected chi connectivity index (χ3v) is 6.77. The highest BCUT2D eigenvalue weighted by molar-refractivity contribution is 6.11. The van der Waals surface area contributed by atoms with Gasteiger partial charge in [-0.05, 0) is 105 Å². The lowest BCUT2D eigenvalue weighted by molar-refractivity contribution is 0.561. The average Bonchev–Trinajstić information content (AvgIpc) is 2.91. The van der Waals surface area contributed by atoms with Crippen LogP contribution in [-0.2, 0) is 0 Å². The van der Waals surface area contributed by atoms with Gasteiger partial charge in [0.15, 0.2) is 0 Å². The molecule has 210 valence electrons. The molecule has 0 saturated heterocycles. The molecule has 0 amide bonds. The van der Waals surface area contributed by atoms with Crippen LogP contribution in [0.1, 0.15) is 123 Å². The van der Waals surface area contributed by atoms with Crippen molar-refractivity contribution in [3.8, 4) is 0 Å². The minimum Gasteiger partial charge on any atom is -0.288 e. The largest absolute Gasteiger partial charge is 0.288 e. The van der Waals surface area contributed by atoms with E-state index in [1.165, 1.54) is 71.6 Å². The Balaban J connectivity index is 0.00000131. The van der Waals surface area contributed by atoms with E-state index in [-0.39, 0.29) is 0 Å². The molecule has 0 saturated carbocycles. The molecule has 0 aromatic heterocycles. The van der Waals surface area contributed by atoms with E-state index in [2.05, 4.69) is 109 Å². The molecule has 0 N–H and O–H groups in total. The predicted molar refractivity (Wildman–Crippen MR) is 177 cm³/mol. The van der Waals surface area contributed by atoms with Crippen molar-refractivity contribution in [2.45, 2.75) is 113 Å². The second-order valence-corrected chi connectivity index (χ2v) is 10.5. The van der Waals surface area contributed by atoms with Gasteiger partial charge >= 0.3 is 0 Å². The maximum Gasteiger partial charge on any atom is 0.0646 e. The summed E-state index contributed by atoms with van der Waals surface area (Å²) < 4.78 is 0. The summed E-state index contributed by atoms with van der Waals surface area (Å²) in [4.78, 5) is 4.57. The quantitative estimate of drug-likeness (QED) is 0.160. The van der Waals surface area contributed by atoms with Gasteiger partial charge in [-0.2, -0.15) is 0 Å². The number of rotatable bonds is 11. The van der Waals surface area contributed by atoms with Crippen molar-refractivity contribution >= 4 is 16.5 Å². The number of aryl methyl sites for hydroxylation is 1. The van der Waals surface area contributed by atoms with Crippen molar-refractivity contribution < 1.29 is 0 Å². The molecule has 0 atom stereocenters. The van der Waals surface area contributed by atoms with Crippen molar-refractivity contribution in [1.29, 1.82) is 0 Å². The van der Waals surface area contributed by atoms with Gasteiger partial charge in [0, 0.05) is 12.6 Å².